The van der Waals surface area contributed by atoms with Crippen LogP contribution in [0, 0.1) is 0 Å². The molecule has 0 aliphatic rings. The molecular weight excluding hydrogens is 218 g/mol. The molecule has 0 aliphatic heterocycles. The smallest absolute Gasteiger partial charge is 0.274 e. The number of rotatable bonds is 3. The number of carbonyl (C=O) groups is 1. The van der Waals surface area contributed by atoms with Crippen molar-refractivity contribution >= 4 is 17.5 Å². The van der Waals surface area contributed by atoms with E-state index in [4.69, 9.17) is 16.7 Å². The summed E-state index contributed by atoms with van der Waals surface area (Å²) in [5, 5.41) is 16.4. The van der Waals surface area contributed by atoms with Gasteiger partial charge >= 0.3 is 0 Å². The topological polar surface area (TPSA) is 66.3 Å². The van der Waals surface area contributed by atoms with E-state index in [9.17, 15) is 4.79 Å². The van der Waals surface area contributed by atoms with Gasteiger partial charge in [-0.3, -0.25) is 4.79 Å². The van der Waals surface area contributed by atoms with Crippen LogP contribution in [0.4, 0.5) is 0 Å². The Morgan fingerprint density at radius 3 is 2.73 bits per heavy atom. The molecule has 15 heavy (non-hydrogen) atoms. The van der Waals surface area contributed by atoms with Crippen LogP contribution in [-0.2, 0) is 0 Å². The van der Waals surface area contributed by atoms with E-state index in [1.54, 1.807) is 14.0 Å². The molecule has 1 N–H and O–H groups in total. The zero-order valence-electron chi connectivity index (χ0n) is 8.51. The van der Waals surface area contributed by atoms with Gasteiger partial charge in [0.1, 0.15) is 0 Å². The predicted octanol–water partition coefficient (Wildman–Crippen LogP) is 0.583. The van der Waals surface area contributed by atoms with Gasteiger partial charge in [-0.15, -0.1) is 10.2 Å². The quantitative estimate of drug-likeness (QED) is 0.824. The Kier molecular flexibility index (Phi) is 3.99. The number of carbonyl (C=O) groups excluding carboxylic acids is 1. The lowest BCUT2D eigenvalue weighted by Gasteiger charge is -2.22. The number of halogens is 1. The van der Waals surface area contributed by atoms with Crippen molar-refractivity contribution < 1.29 is 9.90 Å². The first-order valence-corrected chi connectivity index (χ1v) is 4.81. The number of hydrogen-bond donors (Lipinski definition) is 1. The van der Waals surface area contributed by atoms with Crippen LogP contribution in [0.15, 0.2) is 12.1 Å². The molecule has 0 saturated carbocycles. The molecule has 1 unspecified atom stereocenters. The summed E-state index contributed by atoms with van der Waals surface area (Å²) in [5.74, 6) is -0.291. The Morgan fingerprint density at radius 1 is 1.60 bits per heavy atom. The monoisotopic (exact) mass is 229 g/mol. The van der Waals surface area contributed by atoms with Gasteiger partial charge in [0.2, 0.25) is 0 Å². The summed E-state index contributed by atoms with van der Waals surface area (Å²) in [7, 11) is 1.60. The number of aliphatic hydroxyl groups excluding tert-OH is 1. The molecule has 0 saturated heterocycles. The van der Waals surface area contributed by atoms with Crippen LogP contribution in [0.25, 0.3) is 0 Å². The zero-order valence-corrected chi connectivity index (χ0v) is 9.27. The third kappa shape index (κ3) is 2.87. The fraction of sp³-hybridized carbons (Fsp3) is 0.444. The summed E-state index contributed by atoms with van der Waals surface area (Å²) in [5.41, 5.74) is 0.210. The normalized spacial score (nSPS) is 12.3. The highest BCUT2D eigenvalue weighted by Crippen LogP contribution is 2.06. The van der Waals surface area contributed by atoms with E-state index in [0.717, 1.165) is 0 Å². The van der Waals surface area contributed by atoms with Gasteiger partial charge in [0, 0.05) is 7.05 Å². The lowest BCUT2D eigenvalue weighted by atomic mass is 10.2. The van der Waals surface area contributed by atoms with Crippen molar-refractivity contribution in [3.8, 4) is 0 Å². The second-order valence-electron chi connectivity index (χ2n) is 3.19. The van der Waals surface area contributed by atoms with Crippen LogP contribution in [-0.4, -0.2) is 45.8 Å². The standard InChI is InChI=1S/C9H12ClN3O2/c1-6(5-14)13(2)9(15)7-3-4-8(10)12-11-7/h3-4,6,14H,5H2,1-2H3. The number of nitrogens with zero attached hydrogens (tertiary/aromatic N) is 3. The minimum Gasteiger partial charge on any atom is -0.394 e. The van der Waals surface area contributed by atoms with Crippen molar-refractivity contribution in [2.45, 2.75) is 13.0 Å². The molecule has 0 fully saturated rings. The molecule has 5 nitrogen and oxygen atoms in total. The van der Waals surface area contributed by atoms with Crippen LogP contribution in [0.2, 0.25) is 5.15 Å². The van der Waals surface area contributed by atoms with Crippen LogP contribution in [0.3, 0.4) is 0 Å². The highest BCUT2D eigenvalue weighted by Gasteiger charge is 2.18. The lowest BCUT2D eigenvalue weighted by molar-refractivity contribution is 0.0675. The number of likely N-dealkylation sites (N-methyl/N-ethyl adjacent to an activating group) is 1. The minimum absolute atomic E-state index is 0.0940. The van der Waals surface area contributed by atoms with Gasteiger partial charge in [0.15, 0.2) is 10.8 Å². The van der Waals surface area contributed by atoms with Gasteiger partial charge < -0.3 is 10.0 Å². The molecule has 1 heterocycles. The Labute approximate surface area is 92.7 Å². The molecule has 1 rings (SSSR count). The third-order valence-electron chi connectivity index (χ3n) is 2.10. The van der Waals surface area contributed by atoms with Gasteiger partial charge in [-0.1, -0.05) is 11.6 Å². The summed E-state index contributed by atoms with van der Waals surface area (Å²) >= 11 is 5.55. The van der Waals surface area contributed by atoms with Gasteiger partial charge in [-0.2, -0.15) is 0 Å². The molecule has 82 valence electrons. The van der Waals surface area contributed by atoms with Crippen LogP contribution in [0.5, 0.6) is 0 Å². The van der Waals surface area contributed by atoms with Crippen LogP contribution < -0.4 is 0 Å². The van der Waals surface area contributed by atoms with Crippen molar-refractivity contribution in [1.82, 2.24) is 15.1 Å². The van der Waals surface area contributed by atoms with Crippen molar-refractivity contribution in [2.24, 2.45) is 0 Å². The number of aromatic nitrogens is 2. The van der Waals surface area contributed by atoms with Gasteiger partial charge in [0.05, 0.1) is 12.6 Å². The Bertz CT molecular complexity index is 342. The second kappa shape index (κ2) is 5.04. The second-order valence-corrected chi connectivity index (χ2v) is 3.58. The van der Waals surface area contributed by atoms with Crippen LogP contribution in [0.1, 0.15) is 17.4 Å². The Balaban J connectivity index is 2.80. The van der Waals surface area contributed by atoms with E-state index in [-0.39, 0.29) is 29.4 Å². The highest BCUT2D eigenvalue weighted by molar-refractivity contribution is 6.29. The molecule has 0 aromatic carbocycles. The maximum Gasteiger partial charge on any atom is 0.274 e. The number of hydrogen-bond acceptors (Lipinski definition) is 4. The summed E-state index contributed by atoms with van der Waals surface area (Å²) in [6, 6.07) is 2.74. The Hall–Kier alpha value is -1.20. The molecule has 0 radical (unpaired) electrons. The van der Waals surface area contributed by atoms with E-state index in [1.807, 2.05) is 0 Å². The summed E-state index contributed by atoms with van der Waals surface area (Å²) < 4.78 is 0. The van der Waals surface area contributed by atoms with Gasteiger partial charge in [0.25, 0.3) is 5.91 Å². The molecule has 6 heteroatoms. The fourth-order valence-corrected chi connectivity index (χ4v) is 1.03. The molecule has 0 spiro atoms. The van der Waals surface area contributed by atoms with E-state index in [0.29, 0.717) is 0 Å². The maximum absolute atomic E-state index is 11.7. The number of aliphatic hydroxyl groups is 1. The first-order valence-electron chi connectivity index (χ1n) is 4.43. The highest BCUT2D eigenvalue weighted by atomic mass is 35.5. The fourth-order valence-electron chi connectivity index (χ4n) is 0.933. The van der Waals surface area contributed by atoms with Crippen molar-refractivity contribution in [1.29, 1.82) is 0 Å². The molecule has 1 atom stereocenters. The Morgan fingerprint density at radius 2 is 2.27 bits per heavy atom. The summed E-state index contributed by atoms with van der Waals surface area (Å²) in [6.45, 7) is 1.64. The predicted molar refractivity (Wildman–Crippen MR) is 55.7 cm³/mol. The average Bonchev–Trinajstić information content (AvgIpc) is 2.27. The summed E-state index contributed by atoms with van der Waals surface area (Å²) in [6.07, 6.45) is 0. The minimum atomic E-state index is -0.291. The number of amides is 1. The molecule has 1 aromatic heterocycles. The van der Waals surface area contributed by atoms with Gasteiger partial charge in [-0.05, 0) is 19.1 Å². The maximum atomic E-state index is 11.7. The SMILES string of the molecule is CC(CO)N(C)C(=O)c1ccc(Cl)nn1. The first kappa shape index (κ1) is 11.9. The van der Waals surface area contributed by atoms with E-state index < -0.39 is 0 Å². The lowest BCUT2D eigenvalue weighted by Crippen LogP contribution is -2.37. The largest absolute Gasteiger partial charge is 0.394 e. The van der Waals surface area contributed by atoms with Gasteiger partial charge in [-0.25, -0.2) is 0 Å². The molecule has 0 aliphatic carbocycles. The van der Waals surface area contributed by atoms with E-state index >= 15 is 0 Å². The van der Waals surface area contributed by atoms with E-state index in [1.165, 1.54) is 17.0 Å². The van der Waals surface area contributed by atoms with Crippen LogP contribution >= 0.6 is 11.6 Å². The average molecular weight is 230 g/mol. The molecule has 1 aromatic rings. The van der Waals surface area contributed by atoms with E-state index in [2.05, 4.69) is 10.2 Å². The molecular formula is C9H12ClN3O2. The third-order valence-corrected chi connectivity index (χ3v) is 2.30. The van der Waals surface area contributed by atoms with Crippen molar-refractivity contribution in [2.75, 3.05) is 13.7 Å². The molecule has 0 bridgehead atoms. The zero-order chi connectivity index (χ0) is 11.4. The molecule has 1 amide bonds. The van der Waals surface area contributed by atoms with Crippen molar-refractivity contribution in [3.05, 3.63) is 23.0 Å². The van der Waals surface area contributed by atoms with Crippen molar-refractivity contribution in [3.63, 3.8) is 0 Å². The summed E-state index contributed by atoms with van der Waals surface area (Å²) in [4.78, 5) is 13.1. The first-order chi connectivity index (χ1) is 7.06.